The lowest BCUT2D eigenvalue weighted by Gasteiger charge is -2.23. The maximum absolute atomic E-state index is 10.4. The molecule has 1 unspecified atom stereocenters. The second kappa shape index (κ2) is 6.07. The number of hydrogen-bond acceptors (Lipinski definition) is 2. The van der Waals surface area contributed by atoms with Crippen LogP contribution in [0.3, 0.4) is 0 Å². The van der Waals surface area contributed by atoms with Crippen LogP contribution in [0.2, 0.25) is 0 Å². The summed E-state index contributed by atoms with van der Waals surface area (Å²) in [7, 11) is 0. The summed E-state index contributed by atoms with van der Waals surface area (Å²) in [6.07, 6.45) is 0. The Bertz CT molecular complexity index is 465. The lowest BCUT2D eigenvalue weighted by molar-refractivity contribution is 0.0839. The van der Waals surface area contributed by atoms with Crippen molar-refractivity contribution in [1.82, 2.24) is 0 Å². The van der Waals surface area contributed by atoms with Crippen molar-refractivity contribution in [3.63, 3.8) is 0 Å². The van der Waals surface area contributed by atoms with Crippen molar-refractivity contribution in [3.8, 4) is 0 Å². The number of hydrogen-bond donors (Lipinski definition) is 1. The molecule has 18 heavy (non-hydrogen) atoms. The van der Waals surface area contributed by atoms with E-state index in [2.05, 4.69) is 12.1 Å². The van der Waals surface area contributed by atoms with Crippen molar-refractivity contribution >= 4 is 11.8 Å². The summed E-state index contributed by atoms with van der Waals surface area (Å²) in [6.45, 7) is 1.88. The lowest BCUT2D eigenvalue weighted by Crippen LogP contribution is -2.24. The van der Waals surface area contributed by atoms with Crippen LogP contribution in [0.25, 0.3) is 0 Å². The van der Waals surface area contributed by atoms with E-state index in [0.717, 1.165) is 11.3 Å². The van der Waals surface area contributed by atoms with E-state index in [4.69, 9.17) is 0 Å². The van der Waals surface area contributed by atoms with Crippen LogP contribution in [0.4, 0.5) is 0 Å². The van der Waals surface area contributed by atoms with E-state index >= 15 is 0 Å². The Morgan fingerprint density at radius 1 is 0.944 bits per heavy atom. The van der Waals surface area contributed by atoms with Gasteiger partial charge in [0, 0.05) is 11.5 Å². The Morgan fingerprint density at radius 3 is 2.11 bits per heavy atom. The van der Waals surface area contributed by atoms with Crippen LogP contribution in [0.5, 0.6) is 0 Å². The molecule has 1 nitrogen and oxygen atoms in total. The van der Waals surface area contributed by atoms with Gasteiger partial charge in [0.1, 0.15) is 0 Å². The molecule has 0 spiro atoms. The third kappa shape index (κ3) is 3.62. The molecule has 2 aromatic carbocycles. The van der Waals surface area contributed by atoms with Crippen LogP contribution >= 0.6 is 11.8 Å². The van der Waals surface area contributed by atoms with Gasteiger partial charge in [-0.15, -0.1) is 0 Å². The predicted molar refractivity (Wildman–Crippen MR) is 78.6 cm³/mol. The Labute approximate surface area is 113 Å². The monoisotopic (exact) mass is 258 g/mol. The molecule has 0 aliphatic rings. The van der Waals surface area contributed by atoms with Crippen LogP contribution in [-0.2, 0) is 11.4 Å². The molecule has 1 atom stereocenters. The SMILES string of the molecule is CC(O)(CSCc1ccccc1)c1ccccc1. The van der Waals surface area contributed by atoms with Crippen molar-refractivity contribution in [3.05, 3.63) is 71.8 Å². The molecule has 0 amide bonds. The second-order valence-electron chi connectivity index (χ2n) is 4.62. The molecule has 1 N–H and O–H groups in total. The minimum Gasteiger partial charge on any atom is -0.385 e. The number of rotatable bonds is 5. The van der Waals surface area contributed by atoms with Gasteiger partial charge in [-0.2, -0.15) is 11.8 Å². The Balaban J connectivity index is 1.90. The highest BCUT2D eigenvalue weighted by atomic mass is 32.2. The maximum Gasteiger partial charge on any atom is 0.0958 e. The number of benzene rings is 2. The fourth-order valence-electron chi connectivity index (χ4n) is 1.82. The van der Waals surface area contributed by atoms with E-state index in [1.54, 1.807) is 11.8 Å². The van der Waals surface area contributed by atoms with Gasteiger partial charge in [-0.1, -0.05) is 60.7 Å². The first-order chi connectivity index (χ1) is 8.68. The molecule has 0 aliphatic heterocycles. The van der Waals surface area contributed by atoms with Gasteiger partial charge in [-0.3, -0.25) is 0 Å². The first-order valence-electron chi connectivity index (χ1n) is 6.08. The van der Waals surface area contributed by atoms with Gasteiger partial charge in [0.15, 0.2) is 0 Å². The standard InChI is InChI=1S/C16H18OS/c1-16(17,15-10-6-3-7-11-15)13-18-12-14-8-4-2-5-9-14/h2-11,17H,12-13H2,1H3. The number of aliphatic hydroxyl groups is 1. The van der Waals surface area contributed by atoms with E-state index in [-0.39, 0.29) is 0 Å². The lowest BCUT2D eigenvalue weighted by atomic mass is 9.99. The molecule has 0 radical (unpaired) electrons. The van der Waals surface area contributed by atoms with Gasteiger partial charge in [0.25, 0.3) is 0 Å². The summed E-state index contributed by atoms with van der Waals surface area (Å²) in [4.78, 5) is 0. The van der Waals surface area contributed by atoms with Crippen LogP contribution in [0, 0.1) is 0 Å². The van der Waals surface area contributed by atoms with E-state index in [1.165, 1.54) is 5.56 Å². The van der Waals surface area contributed by atoms with Crippen LogP contribution in [0.15, 0.2) is 60.7 Å². The highest BCUT2D eigenvalue weighted by Crippen LogP contribution is 2.26. The maximum atomic E-state index is 10.4. The molecule has 0 saturated carbocycles. The number of thioether (sulfide) groups is 1. The minimum absolute atomic E-state index is 0.700. The zero-order valence-corrected chi connectivity index (χ0v) is 11.4. The first-order valence-corrected chi connectivity index (χ1v) is 7.23. The molecule has 2 aromatic rings. The molecule has 0 saturated heterocycles. The average molecular weight is 258 g/mol. The van der Waals surface area contributed by atoms with Gasteiger partial charge in [-0.05, 0) is 18.1 Å². The molecular formula is C16H18OS. The van der Waals surface area contributed by atoms with Gasteiger partial charge in [-0.25, -0.2) is 0 Å². The van der Waals surface area contributed by atoms with Gasteiger partial charge in [0.05, 0.1) is 5.60 Å². The van der Waals surface area contributed by atoms with E-state index < -0.39 is 5.60 Å². The predicted octanol–water partition coefficient (Wildman–Crippen LogP) is 3.83. The van der Waals surface area contributed by atoms with Crippen LogP contribution in [0.1, 0.15) is 18.1 Å². The average Bonchev–Trinajstić information content (AvgIpc) is 2.41. The quantitative estimate of drug-likeness (QED) is 0.879. The Morgan fingerprint density at radius 2 is 1.50 bits per heavy atom. The van der Waals surface area contributed by atoms with Crippen LogP contribution in [-0.4, -0.2) is 10.9 Å². The van der Waals surface area contributed by atoms with Gasteiger partial charge in [0.2, 0.25) is 0 Å². The second-order valence-corrected chi connectivity index (χ2v) is 5.60. The fraction of sp³-hybridized carbons (Fsp3) is 0.250. The zero-order chi connectivity index (χ0) is 12.8. The summed E-state index contributed by atoms with van der Waals surface area (Å²) in [5.74, 6) is 1.63. The molecule has 2 rings (SSSR count). The van der Waals surface area contributed by atoms with E-state index in [1.807, 2.05) is 55.5 Å². The third-order valence-electron chi connectivity index (χ3n) is 2.89. The normalized spacial score (nSPS) is 14.1. The highest BCUT2D eigenvalue weighted by molar-refractivity contribution is 7.98. The third-order valence-corrected chi connectivity index (χ3v) is 4.19. The zero-order valence-electron chi connectivity index (χ0n) is 10.5. The van der Waals surface area contributed by atoms with Gasteiger partial charge >= 0.3 is 0 Å². The summed E-state index contributed by atoms with van der Waals surface area (Å²) >= 11 is 1.76. The topological polar surface area (TPSA) is 20.2 Å². The van der Waals surface area contributed by atoms with Crippen LogP contribution < -0.4 is 0 Å². The van der Waals surface area contributed by atoms with Crippen molar-refractivity contribution in [2.45, 2.75) is 18.3 Å². The molecule has 0 aliphatic carbocycles. The molecule has 0 aromatic heterocycles. The molecule has 0 fully saturated rings. The summed E-state index contributed by atoms with van der Waals surface area (Å²) in [5, 5.41) is 10.4. The molecule has 0 heterocycles. The van der Waals surface area contributed by atoms with Crippen molar-refractivity contribution < 1.29 is 5.11 Å². The summed E-state index contributed by atoms with van der Waals surface area (Å²) < 4.78 is 0. The molecule has 0 bridgehead atoms. The largest absolute Gasteiger partial charge is 0.385 e. The minimum atomic E-state index is -0.763. The molecule has 94 valence electrons. The first kappa shape index (κ1) is 13.2. The van der Waals surface area contributed by atoms with Crippen molar-refractivity contribution in [2.75, 3.05) is 5.75 Å². The molecular weight excluding hydrogens is 240 g/mol. The smallest absolute Gasteiger partial charge is 0.0958 e. The fourth-order valence-corrected chi connectivity index (χ4v) is 2.92. The Hall–Kier alpha value is -1.25. The van der Waals surface area contributed by atoms with Crippen molar-refractivity contribution in [2.24, 2.45) is 0 Å². The summed E-state index contributed by atoms with van der Waals surface area (Å²) in [5.41, 5.74) is 1.51. The van der Waals surface area contributed by atoms with E-state index in [9.17, 15) is 5.11 Å². The highest BCUT2D eigenvalue weighted by Gasteiger charge is 2.22. The van der Waals surface area contributed by atoms with E-state index in [0.29, 0.717) is 5.75 Å². The van der Waals surface area contributed by atoms with Gasteiger partial charge < -0.3 is 5.11 Å². The summed E-state index contributed by atoms with van der Waals surface area (Å²) in [6, 6.07) is 20.2. The Kier molecular flexibility index (Phi) is 4.45. The molecule has 2 heteroatoms. The van der Waals surface area contributed by atoms with Crippen molar-refractivity contribution in [1.29, 1.82) is 0 Å².